The lowest BCUT2D eigenvalue weighted by atomic mass is 9.78. The zero-order valence-electron chi connectivity index (χ0n) is 9.99. The zero-order valence-corrected chi connectivity index (χ0v) is 12.4. The molecule has 0 spiro atoms. The first kappa shape index (κ1) is 14.7. The molecular weight excluding hydrogens is 339 g/mol. The summed E-state index contributed by atoms with van der Waals surface area (Å²) in [6.07, 6.45) is 1.90. The summed E-state index contributed by atoms with van der Waals surface area (Å²) in [5.41, 5.74) is 4.80. The Hall–Kier alpha value is -0.700. The fourth-order valence-corrected chi connectivity index (χ4v) is 4.21. The van der Waals surface area contributed by atoms with Gasteiger partial charge in [-0.3, -0.25) is 0 Å². The van der Waals surface area contributed by atoms with Crippen molar-refractivity contribution in [1.29, 1.82) is 0 Å². The predicted molar refractivity (Wildman–Crippen MR) is 72.5 cm³/mol. The molecule has 1 aromatic rings. The van der Waals surface area contributed by atoms with Crippen molar-refractivity contribution in [3.63, 3.8) is 0 Å². The molecule has 0 aromatic heterocycles. The van der Waals surface area contributed by atoms with E-state index >= 15 is 0 Å². The number of aliphatic hydroxyl groups is 1. The van der Waals surface area contributed by atoms with Gasteiger partial charge in [0, 0.05) is 5.69 Å². The van der Waals surface area contributed by atoms with Crippen molar-refractivity contribution >= 4 is 31.6 Å². The standard InChI is InChI=1S/C11H14BrFN2O3S/c12-8-4-7(14)5-9(10(8)13)19(17,18)15-11(6-16)2-1-3-11/h4-5,15-16H,1-3,6,14H2. The van der Waals surface area contributed by atoms with Crippen LogP contribution >= 0.6 is 15.9 Å². The zero-order chi connectivity index (χ0) is 14.3. The SMILES string of the molecule is Nc1cc(Br)c(F)c(S(=O)(=O)NC2(CO)CCC2)c1. The lowest BCUT2D eigenvalue weighted by molar-refractivity contribution is 0.110. The fraction of sp³-hybridized carbons (Fsp3) is 0.455. The normalized spacial score (nSPS) is 18.1. The lowest BCUT2D eigenvalue weighted by Gasteiger charge is -2.40. The number of anilines is 1. The predicted octanol–water partition coefficient (Wildman–Crippen LogP) is 1.36. The minimum atomic E-state index is -4.06. The number of aliphatic hydroxyl groups excluding tert-OH is 1. The summed E-state index contributed by atoms with van der Waals surface area (Å²) in [6, 6.07) is 2.35. The smallest absolute Gasteiger partial charge is 0.244 e. The van der Waals surface area contributed by atoms with Crippen LogP contribution in [0.25, 0.3) is 0 Å². The molecule has 0 amide bonds. The van der Waals surface area contributed by atoms with E-state index in [1.807, 2.05) is 0 Å². The summed E-state index contributed by atoms with van der Waals surface area (Å²) in [4.78, 5) is -0.515. The van der Waals surface area contributed by atoms with Crippen molar-refractivity contribution in [3.05, 3.63) is 22.4 Å². The van der Waals surface area contributed by atoms with Crippen LogP contribution in [0.1, 0.15) is 19.3 Å². The van der Waals surface area contributed by atoms with E-state index in [-0.39, 0.29) is 16.8 Å². The molecule has 0 saturated heterocycles. The number of hydrogen-bond acceptors (Lipinski definition) is 4. The van der Waals surface area contributed by atoms with Crippen LogP contribution in [0.5, 0.6) is 0 Å². The summed E-state index contributed by atoms with van der Waals surface area (Å²) >= 11 is 2.92. The van der Waals surface area contributed by atoms with Crippen LogP contribution in [0.3, 0.4) is 0 Å². The monoisotopic (exact) mass is 352 g/mol. The number of halogens is 2. The minimum absolute atomic E-state index is 0.0143. The van der Waals surface area contributed by atoms with Gasteiger partial charge in [0.25, 0.3) is 0 Å². The third-order valence-electron chi connectivity index (χ3n) is 3.27. The minimum Gasteiger partial charge on any atom is -0.399 e. The summed E-state index contributed by atoms with van der Waals surface area (Å²) in [5.74, 6) is -0.894. The molecule has 0 radical (unpaired) electrons. The van der Waals surface area contributed by atoms with Crippen LogP contribution in [-0.2, 0) is 10.0 Å². The van der Waals surface area contributed by atoms with Gasteiger partial charge in [-0.05, 0) is 47.3 Å². The number of benzene rings is 1. The maximum atomic E-state index is 13.9. The quantitative estimate of drug-likeness (QED) is 0.713. The summed E-state index contributed by atoms with van der Waals surface area (Å²) < 4.78 is 40.6. The molecule has 106 valence electrons. The topological polar surface area (TPSA) is 92.4 Å². The Morgan fingerprint density at radius 3 is 2.58 bits per heavy atom. The van der Waals surface area contributed by atoms with Gasteiger partial charge in [-0.25, -0.2) is 17.5 Å². The number of rotatable bonds is 4. The van der Waals surface area contributed by atoms with Crippen LogP contribution < -0.4 is 10.5 Å². The average Bonchev–Trinajstić information content (AvgIpc) is 2.28. The Kier molecular flexibility index (Phi) is 3.87. The van der Waals surface area contributed by atoms with Crippen molar-refractivity contribution in [2.24, 2.45) is 0 Å². The molecule has 0 unspecified atom stereocenters. The van der Waals surface area contributed by atoms with E-state index in [9.17, 15) is 17.9 Å². The van der Waals surface area contributed by atoms with Gasteiger partial charge in [0.15, 0.2) is 5.82 Å². The second-order valence-electron chi connectivity index (χ2n) is 4.71. The Bertz CT molecular complexity index is 597. The van der Waals surface area contributed by atoms with Crippen LogP contribution in [0.2, 0.25) is 0 Å². The first-order valence-corrected chi connectivity index (χ1v) is 7.97. The Morgan fingerprint density at radius 1 is 1.47 bits per heavy atom. The molecule has 1 aliphatic carbocycles. The summed E-state index contributed by atoms with van der Waals surface area (Å²) in [6.45, 7) is -0.308. The second kappa shape index (κ2) is 5.01. The summed E-state index contributed by atoms with van der Waals surface area (Å²) in [5, 5.41) is 9.27. The first-order chi connectivity index (χ1) is 8.80. The van der Waals surface area contributed by atoms with Gasteiger partial charge in [0.05, 0.1) is 16.6 Å². The molecule has 1 fully saturated rings. The fourth-order valence-electron chi connectivity index (χ4n) is 2.02. The maximum Gasteiger partial charge on any atom is 0.244 e. The van der Waals surface area contributed by atoms with Gasteiger partial charge in [0.1, 0.15) is 4.90 Å². The van der Waals surface area contributed by atoms with Crippen molar-refractivity contribution in [2.75, 3.05) is 12.3 Å². The van der Waals surface area contributed by atoms with Crippen molar-refractivity contribution in [2.45, 2.75) is 29.7 Å². The molecule has 0 bridgehead atoms. The highest BCUT2D eigenvalue weighted by molar-refractivity contribution is 9.10. The number of nitrogen functional groups attached to an aromatic ring is 1. The number of nitrogens with two attached hydrogens (primary N) is 1. The average molecular weight is 353 g/mol. The molecule has 1 saturated carbocycles. The molecule has 5 nitrogen and oxygen atoms in total. The van der Waals surface area contributed by atoms with Crippen molar-refractivity contribution in [3.8, 4) is 0 Å². The lowest BCUT2D eigenvalue weighted by Crippen LogP contribution is -2.56. The third-order valence-corrected chi connectivity index (χ3v) is 5.43. The van der Waals surface area contributed by atoms with E-state index < -0.39 is 26.3 Å². The van der Waals surface area contributed by atoms with Gasteiger partial charge in [0.2, 0.25) is 10.0 Å². The number of sulfonamides is 1. The van der Waals surface area contributed by atoms with E-state index in [0.717, 1.165) is 12.5 Å². The highest BCUT2D eigenvalue weighted by Crippen LogP contribution is 2.34. The molecule has 0 aliphatic heterocycles. The molecule has 19 heavy (non-hydrogen) atoms. The van der Waals surface area contributed by atoms with Gasteiger partial charge >= 0.3 is 0 Å². The van der Waals surface area contributed by atoms with Crippen molar-refractivity contribution < 1.29 is 17.9 Å². The Morgan fingerprint density at radius 2 is 2.11 bits per heavy atom. The third kappa shape index (κ3) is 2.76. The Balaban J connectivity index is 2.40. The first-order valence-electron chi connectivity index (χ1n) is 5.69. The Labute approximate surface area is 119 Å². The maximum absolute atomic E-state index is 13.9. The van der Waals surface area contributed by atoms with Crippen LogP contribution in [0, 0.1) is 5.82 Å². The number of hydrogen-bond donors (Lipinski definition) is 3. The molecule has 4 N–H and O–H groups in total. The molecule has 1 aliphatic rings. The van der Waals surface area contributed by atoms with E-state index in [2.05, 4.69) is 20.7 Å². The van der Waals surface area contributed by atoms with E-state index in [1.165, 1.54) is 6.07 Å². The van der Waals surface area contributed by atoms with E-state index in [4.69, 9.17) is 5.73 Å². The summed E-state index contributed by atoms with van der Waals surface area (Å²) in [7, 11) is -4.06. The van der Waals surface area contributed by atoms with Crippen LogP contribution in [-0.4, -0.2) is 25.7 Å². The van der Waals surface area contributed by atoms with E-state index in [1.54, 1.807) is 0 Å². The van der Waals surface area contributed by atoms with Gasteiger partial charge in [-0.15, -0.1) is 0 Å². The molecule has 0 heterocycles. The number of nitrogens with one attached hydrogen (secondary N) is 1. The van der Waals surface area contributed by atoms with Crippen LogP contribution in [0.4, 0.5) is 10.1 Å². The van der Waals surface area contributed by atoms with Crippen LogP contribution in [0.15, 0.2) is 21.5 Å². The highest BCUT2D eigenvalue weighted by Gasteiger charge is 2.41. The second-order valence-corrected chi connectivity index (χ2v) is 7.22. The molecule has 0 atom stereocenters. The largest absolute Gasteiger partial charge is 0.399 e. The molecular formula is C11H14BrFN2O3S. The van der Waals surface area contributed by atoms with Crippen molar-refractivity contribution in [1.82, 2.24) is 4.72 Å². The van der Waals surface area contributed by atoms with Gasteiger partial charge < -0.3 is 10.8 Å². The highest BCUT2D eigenvalue weighted by atomic mass is 79.9. The van der Waals surface area contributed by atoms with Gasteiger partial charge in [-0.2, -0.15) is 0 Å². The molecule has 8 heteroatoms. The van der Waals surface area contributed by atoms with E-state index in [0.29, 0.717) is 12.8 Å². The molecule has 1 aromatic carbocycles. The molecule has 2 rings (SSSR count). The van der Waals surface area contributed by atoms with Gasteiger partial charge in [-0.1, -0.05) is 0 Å².